The Morgan fingerprint density at radius 2 is 2.11 bits per heavy atom. The molecule has 4 heteroatoms. The molecule has 0 amide bonds. The van der Waals surface area contributed by atoms with Gasteiger partial charge in [-0.2, -0.15) is 0 Å². The van der Waals surface area contributed by atoms with E-state index in [-0.39, 0.29) is 0 Å². The molecular weight excluding hydrogens is 116 g/mol. The second kappa shape index (κ2) is 2.43. The highest BCUT2D eigenvalue weighted by molar-refractivity contribution is 5.47. The fourth-order valence-electron chi connectivity index (χ4n) is 0.921. The van der Waals surface area contributed by atoms with Gasteiger partial charge >= 0.3 is 0 Å². The zero-order valence-electron chi connectivity index (χ0n) is 5.89. The minimum atomic E-state index is 0.597. The van der Waals surface area contributed by atoms with Crippen LogP contribution >= 0.6 is 0 Å². The Bertz CT molecular complexity index is 116. The van der Waals surface area contributed by atoms with Crippen LogP contribution in [-0.2, 0) is 0 Å². The number of nitrogens with zero attached hydrogens (tertiary/aromatic N) is 2. The Balaban J connectivity index is 2.57. The van der Waals surface area contributed by atoms with Crippen LogP contribution in [0.3, 0.4) is 0 Å². The van der Waals surface area contributed by atoms with Crippen LogP contribution in [0.2, 0.25) is 0 Å². The molecule has 0 spiro atoms. The molecule has 0 aromatic rings. The summed E-state index contributed by atoms with van der Waals surface area (Å²) in [5.74, 6) is 0. The number of rotatable bonds is 2. The molecule has 0 fully saturated rings. The third-order valence-corrected chi connectivity index (χ3v) is 1.66. The lowest BCUT2D eigenvalue weighted by Gasteiger charge is -2.25. The molecule has 0 saturated carbocycles. The highest BCUT2D eigenvalue weighted by Gasteiger charge is 2.25. The maximum absolute atomic E-state index is 4.10. The van der Waals surface area contributed by atoms with Crippen molar-refractivity contribution in [1.29, 1.82) is 0 Å². The standard InChI is InChI=1S/C5H13N4/c1-6-9(7-2)4-3-8-5-9/h5-7H,3-4H2,1-2H3/q+1. The van der Waals surface area contributed by atoms with Gasteiger partial charge in [-0.3, -0.25) is 0 Å². The minimum Gasteiger partial charge on any atom is -0.232 e. The van der Waals surface area contributed by atoms with Crippen LogP contribution in [-0.4, -0.2) is 38.2 Å². The van der Waals surface area contributed by atoms with Gasteiger partial charge in [0.05, 0.1) is 6.54 Å². The largest absolute Gasteiger partial charge is 0.232 e. The average molecular weight is 129 g/mol. The first-order valence-electron chi connectivity index (χ1n) is 3.10. The number of quaternary nitrogens is 1. The molecule has 0 aromatic heterocycles. The van der Waals surface area contributed by atoms with Crippen molar-refractivity contribution in [1.82, 2.24) is 10.9 Å². The van der Waals surface area contributed by atoms with Gasteiger partial charge in [0.25, 0.3) is 0 Å². The number of aliphatic imine (C=N–C) groups is 1. The first-order valence-corrected chi connectivity index (χ1v) is 3.10. The van der Waals surface area contributed by atoms with Gasteiger partial charge in [-0.1, -0.05) is 0 Å². The SMILES string of the molecule is CN[N+]1(NC)C=NCC1. The molecule has 1 heterocycles. The second-order valence-corrected chi connectivity index (χ2v) is 2.06. The number of hydrogen-bond donors (Lipinski definition) is 2. The summed E-state index contributed by atoms with van der Waals surface area (Å²) in [4.78, 5) is 4.10. The lowest BCUT2D eigenvalue weighted by Crippen LogP contribution is -2.61. The molecular formula is C5H13N4+. The molecule has 0 saturated heterocycles. The molecule has 0 unspecified atom stereocenters. The van der Waals surface area contributed by atoms with E-state index in [4.69, 9.17) is 0 Å². The first kappa shape index (κ1) is 6.67. The summed E-state index contributed by atoms with van der Waals surface area (Å²) in [6.07, 6.45) is 1.88. The normalized spacial score (nSPS) is 22.9. The molecule has 1 aliphatic heterocycles. The smallest absolute Gasteiger partial charge is 0.225 e. The van der Waals surface area contributed by atoms with Gasteiger partial charge in [-0.15, -0.1) is 15.6 Å². The predicted molar refractivity (Wildman–Crippen MR) is 36.6 cm³/mol. The summed E-state index contributed by atoms with van der Waals surface area (Å²) < 4.78 is 0.597. The van der Waals surface area contributed by atoms with E-state index in [9.17, 15) is 0 Å². The molecule has 52 valence electrons. The summed E-state index contributed by atoms with van der Waals surface area (Å²) in [5, 5.41) is 0. The van der Waals surface area contributed by atoms with Gasteiger partial charge in [0.2, 0.25) is 6.34 Å². The molecule has 0 atom stereocenters. The van der Waals surface area contributed by atoms with Gasteiger partial charge in [0.15, 0.2) is 0 Å². The van der Waals surface area contributed by atoms with Crippen LogP contribution in [0.15, 0.2) is 4.99 Å². The van der Waals surface area contributed by atoms with Crippen molar-refractivity contribution in [3.05, 3.63) is 0 Å². The van der Waals surface area contributed by atoms with Gasteiger partial charge in [0, 0.05) is 14.1 Å². The number of nitrogens with one attached hydrogen (secondary N) is 2. The third kappa shape index (κ3) is 1.10. The lowest BCUT2D eigenvalue weighted by atomic mass is 10.6. The Labute approximate surface area is 55.1 Å². The van der Waals surface area contributed by atoms with E-state index in [1.54, 1.807) is 0 Å². The highest BCUT2D eigenvalue weighted by atomic mass is 15.9. The maximum atomic E-state index is 4.10. The van der Waals surface area contributed by atoms with Gasteiger partial charge in [-0.25, -0.2) is 4.99 Å². The van der Waals surface area contributed by atoms with E-state index < -0.39 is 0 Å². The third-order valence-electron chi connectivity index (χ3n) is 1.66. The minimum absolute atomic E-state index is 0.597. The summed E-state index contributed by atoms with van der Waals surface area (Å²) in [6.45, 7) is 1.90. The van der Waals surface area contributed by atoms with Crippen molar-refractivity contribution in [2.24, 2.45) is 4.99 Å². The van der Waals surface area contributed by atoms with Crippen molar-refractivity contribution >= 4 is 6.34 Å². The van der Waals surface area contributed by atoms with Crippen LogP contribution in [0, 0.1) is 0 Å². The van der Waals surface area contributed by atoms with Crippen molar-refractivity contribution in [2.45, 2.75) is 0 Å². The molecule has 1 rings (SSSR count). The van der Waals surface area contributed by atoms with Crippen LogP contribution in [0.1, 0.15) is 0 Å². The quantitative estimate of drug-likeness (QED) is 0.475. The summed E-state index contributed by atoms with van der Waals surface area (Å²) in [6, 6.07) is 0. The van der Waals surface area contributed by atoms with Crippen LogP contribution in [0.4, 0.5) is 0 Å². The van der Waals surface area contributed by atoms with Crippen LogP contribution in [0.5, 0.6) is 0 Å². The Kier molecular flexibility index (Phi) is 1.80. The molecule has 9 heavy (non-hydrogen) atoms. The summed E-state index contributed by atoms with van der Waals surface area (Å²) in [7, 11) is 3.82. The fraction of sp³-hybridized carbons (Fsp3) is 0.800. The van der Waals surface area contributed by atoms with Crippen molar-refractivity contribution in [3.8, 4) is 0 Å². The lowest BCUT2D eigenvalue weighted by molar-refractivity contribution is -0.913. The van der Waals surface area contributed by atoms with Crippen molar-refractivity contribution in [3.63, 3.8) is 0 Å². The highest BCUT2D eigenvalue weighted by Crippen LogP contribution is 1.96. The second-order valence-electron chi connectivity index (χ2n) is 2.06. The summed E-state index contributed by atoms with van der Waals surface area (Å²) >= 11 is 0. The van der Waals surface area contributed by atoms with E-state index in [2.05, 4.69) is 15.8 Å². The molecule has 0 radical (unpaired) electrons. The zero-order valence-corrected chi connectivity index (χ0v) is 5.89. The fourth-order valence-corrected chi connectivity index (χ4v) is 0.921. The monoisotopic (exact) mass is 129 g/mol. The first-order chi connectivity index (χ1) is 4.33. The van der Waals surface area contributed by atoms with Crippen molar-refractivity contribution in [2.75, 3.05) is 27.2 Å². The van der Waals surface area contributed by atoms with E-state index in [1.165, 1.54) is 0 Å². The summed E-state index contributed by atoms with van der Waals surface area (Å²) in [5.41, 5.74) is 6.21. The van der Waals surface area contributed by atoms with Gasteiger partial charge < -0.3 is 0 Å². The van der Waals surface area contributed by atoms with Crippen molar-refractivity contribution < 1.29 is 4.70 Å². The maximum Gasteiger partial charge on any atom is 0.225 e. The molecule has 0 aliphatic carbocycles. The zero-order chi connectivity index (χ0) is 6.74. The molecule has 0 bridgehead atoms. The Hall–Kier alpha value is -0.450. The van der Waals surface area contributed by atoms with Crippen LogP contribution in [0.25, 0.3) is 0 Å². The average Bonchev–Trinajstić information content (AvgIpc) is 2.36. The van der Waals surface area contributed by atoms with Gasteiger partial charge in [-0.05, 0) is 0 Å². The topological polar surface area (TPSA) is 36.4 Å². The van der Waals surface area contributed by atoms with Gasteiger partial charge in [0.1, 0.15) is 6.54 Å². The Morgan fingerprint density at radius 3 is 2.33 bits per heavy atom. The molecule has 2 N–H and O–H groups in total. The molecule has 4 nitrogen and oxygen atoms in total. The van der Waals surface area contributed by atoms with E-state index >= 15 is 0 Å². The molecule has 0 aromatic carbocycles. The Morgan fingerprint density at radius 1 is 1.44 bits per heavy atom. The van der Waals surface area contributed by atoms with E-state index in [0.29, 0.717) is 4.70 Å². The van der Waals surface area contributed by atoms with E-state index in [0.717, 1.165) is 13.1 Å². The molecule has 1 aliphatic rings. The van der Waals surface area contributed by atoms with E-state index in [1.807, 2.05) is 20.4 Å². The number of hydrogen-bond acceptors (Lipinski definition) is 3. The predicted octanol–water partition coefficient (Wildman–Crippen LogP) is -0.886. The van der Waals surface area contributed by atoms with Crippen LogP contribution < -0.4 is 10.9 Å².